The summed E-state index contributed by atoms with van der Waals surface area (Å²) in [6.45, 7) is -1.10. The highest BCUT2D eigenvalue weighted by atomic mass is 32.1. The Morgan fingerprint density at radius 2 is 1.74 bits per heavy atom. The third-order valence-electron chi connectivity index (χ3n) is 8.14. The Balaban J connectivity index is 1.07. The lowest BCUT2D eigenvalue weighted by Crippen LogP contribution is -2.42. The molecule has 1 fully saturated rings. The van der Waals surface area contributed by atoms with Crippen molar-refractivity contribution in [2.24, 2.45) is 0 Å². The van der Waals surface area contributed by atoms with Gasteiger partial charge < -0.3 is 50.4 Å². The van der Waals surface area contributed by atoms with Gasteiger partial charge in [-0.1, -0.05) is 12.2 Å². The molecular formula is C26H31N9O15P2S. The fourth-order valence-electron chi connectivity index (χ4n) is 5.48. The molecule has 0 bridgehead atoms. The molecule has 0 amide bonds. The number of fused-ring (bicyclic) bond motifs is 3. The van der Waals surface area contributed by atoms with E-state index in [0.29, 0.717) is 10.1 Å². The van der Waals surface area contributed by atoms with Crippen LogP contribution in [0.5, 0.6) is 0 Å². The second-order valence-corrected chi connectivity index (χ2v) is 15.3. The molecule has 24 nitrogen and oxygen atoms in total. The monoisotopic (exact) mass is 803 g/mol. The van der Waals surface area contributed by atoms with E-state index in [2.05, 4.69) is 33.8 Å². The van der Waals surface area contributed by atoms with E-state index in [9.17, 15) is 54.0 Å². The Hall–Kier alpha value is -3.91. The van der Waals surface area contributed by atoms with Crippen molar-refractivity contribution in [3.8, 4) is 11.4 Å². The number of nitrogen functional groups attached to an aromatic ring is 1. The Morgan fingerprint density at radius 3 is 2.47 bits per heavy atom. The van der Waals surface area contributed by atoms with Crippen LogP contribution in [0.3, 0.4) is 0 Å². The number of H-pyrrole nitrogens is 2. The lowest BCUT2D eigenvalue weighted by molar-refractivity contribution is -0.0794. The molecule has 6 rings (SSSR count). The normalized spacial score (nSPS) is 23.2. The minimum atomic E-state index is -5.55. The number of aliphatic hydroxyl groups excluding tert-OH is 5. The summed E-state index contributed by atoms with van der Waals surface area (Å²) in [5.74, 6) is 0.0273. The number of aromatic nitrogens is 8. The Labute approximate surface area is 299 Å². The summed E-state index contributed by atoms with van der Waals surface area (Å²) in [6, 6.07) is 3.04. The molecule has 53 heavy (non-hydrogen) atoms. The third-order valence-corrected chi connectivity index (χ3v) is 11.2. The molecule has 11 N–H and O–H groups in total. The van der Waals surface area contributed by atoms with Crippen LogP contribution in [0.2, 0.25) is 0 Å². The molecule has 27 heteroatoms. The molecule has 3 aliphatic rings. The molecule has 0 saturated carbocycles. The Bertz CT molecular complexity index is 2420. The number of hydrogen-bond donors (Lipinski definition) is 10. The van der Waals surface area contributed by atoms with Gasteiger partial charge in [-0.05, 0) is 24.6 Å². The van der Waals surface area contributed by atoms with Crippen LogP contribution in [0, 0.1) is 11.4 Å². The highest BCUT2D eigenvalue weighted by Crippen LogP contribution is 2.60. The van der Waals surface area contributed by atoms with Gasteiger partial charge in [0.05, 0.1) is 37.5 Å². The molecule has 0 spiro atoms. The zero-order valence-corrected chi connectivity index (χ0v) is 29.5. The SMILES string of the molecule is Cc1cc2nc3c(=O)[nH]c(=O)[nH]c3n(C[C@H](O)[C@H](O)[C@H](O)COP(=O)(O)OP(=O)(O)OC[C@H]3O[C@@H](n4cnc5c(N)ncnc54)[C@H](O)[C@@H]3O)c-2cc1=S. The van der Waals surface area contributed by atoms with Crippen LogP contribution in [0.25, 0.3) is 33.7 Å². The van der Waals surface area contributed by atoms with Crippen molar-refractivity contribution in [2.45, 2.75) is 56.3 Å². The summed E-state index contributed by atoms with van der Waals surface area (Å²) in [7, 11) is -11.0. The van der Waals surface area contributed by atoms with Gasteiger partial charge in [0.25, 0.3) is 5.56 Å². The summed E-state index contributed by atoms with van der Waals surface area (Å²) in [4.78, 5) is 65.3. The molecule has 2 aliphatic heterocycles. The molecule has 3 aromatic rings. The first-order chi connectivity index (χ1) is 24.9. The number of imidazole rings is 1. The van der Waals surface area contributed by atoms with Gasteiger partial charge in [0.2, 0.25) is 0 Å². The van der Waals surface area contributed by atoms with Crippen LogP contribution in [-0.4, -0.2) is 124 Å². The van der Waals surface area contributed by atoms with E-state index < -0.39 is 89.5 Å². The van der Waals surface area contributed by atoms with Crippen LogP contribution in [0.4, 0.5) is 5.82 Å². The largest absolute Gasteiger partial charge is 0.481 e. The lowest BCUT2D eigenvalue weighted by Gasteiger charge is -2.26. The second-order valence-electron chi connectivity index (χ2n) is 11.8. The molecule has 1 aliphatic carbocycles. The molecule has 5 heterocycles. The number of nitrogens with one attached hydrogen (secondary N) is 2. The number of ether oxygens (including phenoxy) is 1. The van der Waals surface area contributed by atoms with Crippen molar-refractivity contribution in [3.63, 3.8) is 0 Å². The van der Waals surface area contributed by atoms with Crippen LogP contribution in [0.15, 0.2) is 34.4 Å². The van der Waals surface area contributed by atoms with E-state index in [1.165, 1.54) is 21.5 Å². The lowest BCUT2D eigenvalue weighted by atomic mass is 10.1. The van der Waals surface area contributed by atoms with Gasteiger partial charge in [-0.2, -0.15) is 4.31 Å². The van der Waals surface area contributed by atoms with Crippen molar-refractivity contribution < 1.29 is 62.5 Å². The smallest absolute Gasteiger partial charge is 0.388 e. The van der Waals surface area contributed by atoms with Crippen LogP contribution < -0.4 is 17.0 Å². The van der Waals surface area contributed by atoms with Crippen molar-refractivity contribution >= 4 is 56.0 Å². The van der Waals surface area contributed by atoms with Crippen molar-refractivity contribution in [1.29, 1.82) is 0 Å². The summed E-state index contributed by atoms with van der Waals surface area (Å²) in [6.07, 6.45) is -9.98. The Morgan fingerprint density at radius 1 is 1.02 bits per heavy atom. The van der Waals surface area contributed by atoms with Gasteiger partial charge in [-0.3, -0.25) is 28.4 Å². The first-order valence-electron chi connectivity index (χ1n) is 15.2. The summed E-state index contributed by atoms with van der Waals surface area (Å²) in [5, 5.41) is 53.0. The highest BCUT2D eigenvalue weighted by molar-refractivity contribution is 7.71. The first-order valence-corrected chi connectivity index (χ1v) is 18.6. The number of hydrogen-bond acceptors (Lipinski definition) is 19. The molecule has 286 valence electrons. The first kappa shape index (κ1) is 38.8. The van der Waals surface area contributed by atoms with Gasteiger partial charge in [0.1, 0.15) is 54.1 Å². The fraction of sp³-hybridized carbons (Fsp3) is 0.423. The van der Waals surface area contributed by atoms with Crippen molar-refractivity contribution in [1.82, 2.24) is 39.0 Å². The third kappa shape index (κ3) is 7.99. The quantitative estimate of drug-likeness (QED) is 0.0347. The standard InChI is InChI=1S/C26H31N9O15P2S/c1-9-2-10-11(3-15(9)53)34(23-17(31-10)24(41)33-26(42)32-23)4-12(36)18(38)13(37)5-47-51(43,44)50-52(45,46)48-6-14-19(39)20(40)25(49-14)35-8-30-16-21(27)28-7-29-22(16)35/h2-3,7-8,12-14,18-20,25,36-40H,4-6H2,1H3,(H,43,44)(H,45,46)(H2,27,28,29)(H2,32,33,41,42)/t12-,13+,14+,18-,19+,20+,25+/m0/s1. The van der Waals surface area contributed by atoms with Gasteiger partial charge in [0.15, 0.2) is 23.2 Å². The molecule has 0 radical (unpaired) electrons. The Kier molecular flexibility index (Phi) is 10.8. The maximum Gasteiger partial charge on any atom is 0.481 e. The zero-order valence-electron chi connectivity index (χ0n) is 26.9. The summed E-state index contributed by atoms with van der Waals surface area (Å²) < 4.78 is 46.9. The number of aliphatic hydroxyl groups is 5. The number of rotatable bonds is 13. The van der Waals surface area contributed by atoms with E-state index in [0.717, 1.165) is 6.33 Å². The van der Waals surface area contributed by atoms with Gasteiger partial charge in [0, 0.05) is 4.51 Å². The number of anilines is 1. The van der Waals surface area contributed by atoms with E-state index in [4.69, 9.17) is 27.2 Å². The zero-order chi connectivity index (χ0) is 38.6. The predicted octanol–water partition coefficient (Wildman–Crippen LogP) is -2.07. The minimum Gasteiger partial charge on any atom is -0.388 e. The molecule has 1 saturated heterocycles. The van der Waals surface area contributed by atoms with Crippen molar-refractivity contribution in [2.75, 3.05) is 18.9 Å². The number of benzene rings is 1. The van der Waals surface area contributed by atoms with Crippen molar-refractivity contribution in [3.05, 3.63) is 55.7 Å². The number of nitrogens with two attached hydrogens (primary N) is 1. The summed E-state index contributed by atoms with van der Waals surface area (Å²) in [5.41, 5.74) is 5.00. The average molecular weight is 804 g/mol. The molecule has 2 unspecified atom stereocenters. The molecule has 9 atom stereocenters. The number of aromatic amines is 2. The number of phosphoric acid groups is 2. The fourth-order valence-corrected chi connectivity index (χ4v) is 7.75. The van der Waals surface area contributed by atoms with Gasteiger partial charge >= 0.3 is 21.3 Å². The highest BCUT2D eigenvalue weighted by Gasteiger charge is 2.46. The van der Waals surface area contributed by atoms with E-state index >= 15 is 0 Å². The van der Waals surface area contributed by atoms with Gasteiger partial charge in [-0.15, -0.1) is 0 Å². The maximum absolute atomic E-state index is 12.5. The van der Waals surface area contributed by atoms with Crippen LogP contribution in [0.1, 0.15) is 11.8 Å². The van der Waals surface area contributed by atoms with E-state index in [-0.39, 0.29) is 39.5 Å². The number of aryl methyl sites for hydroxylation is 1. The van der Waals surface area contributed by atoms with Crippen LogP contribution >= 0.6 is 27.9 Å². The van der Waals surface area contributed by atoms with Gasteiger partial charge in [-0.25, -0.2) is 33.9 Å². The second kappa shape index (κ2) is 14.7. The molecule has 3 aromatic heterocycles. The average Bonchev–Trinajstić information content (AvgIpc) is 3.63. The number of nitrogens with zero attached hydrogens (tertiary/aromatic N) is 6. The van der Waals surface area contributed by atoms with E-state index in [1.54, 1.807) is 13.0 Å². The molecular weight excluding hydrogens is 772 g/mol. The van der Waals surface area contributed by atoms with Crippen LogP contribution in [-0.2, 0) is 33.8 Å². The topological polar surface area (TPSA) is 366 Å². The van der Waals surface area contributed by atoms with E-state index in [1.807, 2.05) is 4.98 Å². The number of phosphoric ester groups is 2. The molecule has 0 aromatic carbocycles. The maximum atomic E-state index is 12.5. The predicted molar refractivity (Wildman–Crippen MR) is 179 cm³/mol. The summed E-state index contributed by atoms with van der Waals surface area (Å²) >= 11 is 5.32. The minimum absolute atomic E-state index is 0.0273.